The van der Waals surface area contributed by atoms with Crippen molar-refractivity contribution >= 4 is 63.5 Å². The molecule has 0 unspecified atom stereocenters. The van der Waals surface area contributed by atoms with Crippen molar-refractivity contribution in [2.75, 3.05) is 11.5 Å². The van der Waals surface area contributed by atoms with E-state index in [9.17, 15) is 24.7 Å². The first-order chi connectivity index (χ1) is 16.8. The molecule has 1 saturated heterocycles. The van der Waals surface area contributed by atoms with Crippen LogP contribution in [0.1, 0.15) is 12.6 Å². The fraction of sp³-hybridized carbons (Fsp3) is 0.238. The predicted molar refractivity (Wildman–Crippen MR) is 129 cm³/mol. The Labute approximate surface area is 212 Å². The highest BCUT2D eigenvalue weighted by Gasteiger charge is 2.53. The van der Waals surface area contributed by atoms with E-state index in [1.165, 1.54) is 28.9 Å². The number of nitrogen functional groups attached to an aromatic ring is 1. The van der Waals surface area contributed by atoms with E-state index in [0.717, 1.165) is 27.7 Å². The number of hydrogen-bond donors (Lipinski definition) is 3. The average Bonchev–Trinajstić information content (AvgIpc) is 3.28. The molecule has 11 nitrogen and oxygen atoms in total. The normalized spacial score (nSPS) is 20.1. The average molecular weight is 533 g/mol. The molecular weight excluding hydrogens is 512 g/mol. The number of thiazole rings is 1. The molecule has 35 heavy (non-hydrogen) atoms. The molecule has 4 rings (SSSR count). The Bertz CT molecular complexity index is 1260. The number of allylic oxidation sites excluding steroid dienone is 1. The van der Waals surface area contributed by atoms with Crippen LogP contribution in [-0.4, -0.2) is 55.8 Å². The van der Waals surface area contributed by atoms with Gasteiger partial charge in [-0.25, -0.2) is 9.55 Å². The van der Waals surface area contributed by atoms with Gasteiger partial charge < -0.3 is 26.2 Å². The summed E-state index contributed by atoms with van der Waals surface area (Å²) < 4.78 is 2.02. The summed E-state index contributed by atoms with van der Waals surface area (Å²) in [5.74, 6) is -2.60. The zero-order valence-corrected chi connectivity index (χ0v) is 20.7. The van der Waals surface area contributed by atoms with Crippen LogP contribution in [0.3, 0.4) is 0 Å². The number of oxime groups is 1. The largest absolute Gasteiger partial charge is 0.543 e. The summed E-state index contributed by atoms with van der Waals surface area (Å²) in [5, 5.41) is 29.4. The number of nitrogens with one attached hydrogen (secondary N) is 1. The fourth-order valence-corrected chi connectivity index (χ4v) is 6.04. The Balaban J connectivity index is 1.46. The second-order valence-corrected chi connectivity index (χ2v) is 10.3. The lowest BCUT2D eigenvalue weighted by molar-refractivity contribution is -0.693. The van der Waals surface area contributed by atoms with Crippen LogP contribution in [-0.2, 0) is 20.9 Å². The number of carboxylic acids is 1. The van der Waals surface area contributed by atoms with Gasteiger partial charge in [0.25, 0.3) is 11.8 Å². The smallest absolute Gasteiger partial charge is 0.276 e. The van der Waals surface area contributed by atoms with Crippen LogP contribution in [0.4, 0.5) is 5.13 Å². The number of thioether (sulfide) groups is 2. The molecule has 0 aliphatic carbocycles. The van der Waals surface area contributed by atoms with Crippen molar-refractivity contribution in [1.82, 2.24) is 15.2 Å². The van der Waals surface area contributed by atoms with Gasteiger partial charge in [-0.2, -0.15) is 0 Å². The van der Waals surface area contributed by atoms with Crippen molar-refractivity contribution in [2.24, 2.45) is 5.16 Å². The van der Waals surface area contributed by atoms with Gasteiger partial charge in [0, 0.05) is 28.2 Å². The Morgan fingerprint density at radius 3 is 2.80 bits per heavy atom. The molecule has 182 valence electrons. The highest BCUT2D eigenvalue weighted by molar-refractivity contribution is 8.02. The van der Waals surface area contributed by atoms with Gasteiger partial charge >= 0.3 is 0 Å². The fourth-order valence-electron chi connectivity index (χ4n) is 3.51. The van der Waals surface area contributed by atoms with Crippen LogP contribution in [0.15, 0.2) is 62.7 Å². The number of nitrogens with two attached hydrogens (primary N) is 1. The van der Waals surface area contributed by atoms with Crippen molar-refractivity contribution in [3.63, 3.8) is 0 Å². The van der Waals surface area contributed by atoms with E-state index in [1.807, 2.05) is 36.0 Å². The van der Waals surface area contributed by atoms with Crippen molar-refractivity contribution in [1.29, 1.82) is 0 Å². The molecule has 0 bridgehead atoms. The summed E-state index contributed by atoms with van der Waals surface area (Å²) in [4.78, 5) is 43.3. The summed E-state index contributed by atoms with van der Waals surface area (Å²) in [6, 6.07) is 2.91. The Hall–Kier alpha value is -3.36. The molecule has 14 heteroatoms. The third-order valence-corrected chi connectivity index (χ3v) is 8.05. The number of amides is 2. The highest BCUT2D eigenvalue weighted by atomic mass is 32.2. The van der Waals surface area contributed by atoms with Crippen molar-refractivity contribution < 1.29 is 29.3 Å². The maximum atomic E-state index is 12.8. The zero-order chi connectivity index (χ0) is 25.1. The molecule has 0 aromatic carbocycles. The molecule has 0 radical (unpaired) electrons. The van der Waals surface area contributed by atoms with Gasteiger partial charge in [-0.1, -0.05) is 16.9 Å². The van der Waals surface area contributed by atoms with Gasteiger partial charge in [-0.05, 0) is 24.0 Å². The van der Waals surface area contributed by atoms with E-state index in [-0.39, 0.29) is 16.5 Å². The molecule has 1 fully saturated rings. The first-order valence-corrected chi connectivity index (χ1v) is 13.1. The van der Waals surface area contributed by atoms with Gasteiger partial charge in [-0.15, -0.1) is 23.1 Å². The van der Waals surface area contributed by atoms with Crippen molar-refractivity contribution in [2.45, 2.75) is 29.8 Å². The topological polar surface area (TPSA) is 165 Å². The summed E-state index contributed by atoms with van der Waals surface area (Å²) >= 11 is 3.79. The second kappa shape index (κ2) is 10.5. The molecule has 0 saturated carbocycles. The maximum absolute atomic E-state index is 12.8. The predicted octanol–water partition coefficient (Wildman–Crippen LogP) is -0.0791. The number of aliphatic carboxylic acids is 1. The lowest BCUT2D eigenvalue weighted by Gasteiger charge is -2.50. The highest BCUT2D eigenvalue weighted by Crippen LogP contribution is 2.40. The van der Waals surface area contributed by atoms with E-state index < -0.39 is 34.9 Å². The van der Waals surface area contributed by atoms with E-state index in [2.05, 4.69) is 15.5 Å². The number of pyridine rings is 1. The second-order valence-electron chi connectivity index (χ2n) is 7.33. The van der Waals surface area contributed by atoms with Crippen LogP contribution in [0, 0.1) is 0 Å². The molecule has 2 aliphatic rings. The SMILES string of the molecule is CC[n+]1ccc(S/C=C/C2=C(C(=O)[O-])N3C(=O)[C@@H](NC(=O)/C(=N/O)c4csc(N)n4)[C@H]3SC2)cc1. The summed E-state index contributed by atoms with van der Waals surface area (Å²) in [7, 11) is 0. The maximum Gasteiger partial charge on any atom is 0.276 e. The van der Waals surface area contributed by atoms with Gasteiger partial charge in [0.2, 0.25) is 0 Å². The molecule has 2 aromatic rings. The minimum absolute atomic E-state index is 0.0654. The number of aryl methyl sites for hydroxylation is 1. The van der Waals surface area contributed by atoms with Crippen LogP contribution in [0.2, 0.25) is 0 Å². The summed E-state index contributed by atoms with van der Waals surface area (Å²) in [5.41, 5.74) is 5.44. The number of fused-ring (bicyclic) bond motifs is 1. The Morgan fingerprint density at radius 1 is 1.46 bits per heavy atom. The third kappa shape index (κ3) is 5.04. The number of β-lactam (4-membered cyclic amide) rings is 1. The van der Waals surface area contributed by atoms with E-state index in [1.54, 1.807) is 11.5 Å². The van der Waals surface area contributed by atoms with Gasteiger partial charge in [0.1, 0.15) is 23.7 Å². The lowest BCUT2D eigenvalue weighted by atomic mass is 10.0. The van der Waals surface area contributed by atoms with Gasteiger partial charge in [0.05, 0.1) is 11.7 Å². The van der Waals surface area contributed by atoms with E-state index in [4.69, 9.17) is 5.73 Å². The monoisotopic (exact) mass is 532 g/mol. The lowest BCUT2D eigenvalue weighted by Crippen LogP contribution is -2.71. The number of rotatable bonds is 8. The van der Waals surface area contributed by atoms with Crippen LogP contribution in [0.25, 0.3) is 0 Å². The molecule has 0 spiro atoms. The van der Waals surface area contributed by atoms with E-state index >= 15 is 0 Å². The molecule has 2 aromatic heterocycles. The van der Waals surface area contributed by atoms with E-state index in [0.29, 0.717) is 11.3 Å². The Kier molecular flexibility index (Phi) is 7.42. The first-order valence-electron chi connectivity index (χ1n) is 10.3. The zero-order valence-electron chi connectivity index (χ0n) is 18.3. The molecule has 2 aliphatic heterocycles. The number of anilines is 1. The van der Waals surface area contributed by atoms with Crippen molar-refractivity contribution in [3.8, 4) is 0 Å². The van der Waals surface area contributed by atoms with Gasteiger partial charge in [0.15, 0.2) is 23.2 Å². The standard InChI is InChI=1S/C21H20N6O5S3/c1-2-26-6-3-12(4-7-26)33-8-5-11-9-34-19-15(18(29)27(19)16(11)20(30)31)24-17(28)14(25-32)13-10-35-21(22)23-13/h3-8,10,15,19H,2,9H2,1H3,(H4-,22,23,24,28,30,31,32)/b8-5+/t15-,19-/m1/s1. The number of carbonyl (C=O) groups excluding carboxylic acids is 3. The third-order valence-electron chi connectivity index (χ3n) is 5.26. The molecule has 2 amide bonds. The first kappa shape index (κ1) is 24.8. The number of carbonyl (C=O) groups is 3. The summed E-state index contributed by atoms with van der Waals surface area (Å²) in [6.07, 6.45) is 5.56. The van der Waals surface area contributed by atoms with Crippen LogP contribution in [0.5, 0.6) is 0 Å². The molecule has 4 heterocycles. The van der Waals surface area contributed by atoms with Crippen LogP contribution >= 0.6 is 34.9 Å². The molecule has 2 atom stereocenters. The number of aromatic nitrogens is 2. The summed E-state index contributed by atoms with van der Waals surface area (Å²) in [6.45, 7) is 2.90. The quantitative estimate of drug-likeness (QED) is 0.105. The minimum atomic E-state index is -1.47. The Morgan fingerprint density at radius 2 is 2.20 bits per heavy atom. The number of nitrogens with zero attached hydrogens (tertiary/aromatic N) is 4. The van der Waals surface area contributed by atoms with Crippen molar-refractivity contribution in [3.05, 3.63) is 58.4 Å². The number of carboxylic acid groups (broad SMARTS) is 1. The van der Waals surface area contributed by atoms with Gasteiger partial charge in [-0.3, -0.25) is 14.5 Å². The molecular formula is C21H20N6O5S3. The minimum Gasteiger partial charge on any atom is -0.543 e. The molecule has 4 N–H and O–H groups in total. The van der Waals surface area contributed by atoms with Crippen LogP contribution < -0.4 is 20.7 Å². The number of hydrogen-bond acceptors (Lipinski definition) is 11.